The number of ether oxygens (including phenoxy) is 2. The number of aliphatic hydroxyl groups excluding tert-OH is 1. The van der Waals surface area contributed by atoms with Gasteiger partial charge in [0, 0.05) is 26.2 Å². The van der Waals surface area contributed by atoms with Gasteiger partial charge in [-0.15, -0.1) is 0 Å². The summed E-state index contributed by atoms with van der Waals surface area (Å²) in [5, 5.41) is 11.6. The van der Waals surface area contributed by atoms with Crippen LogP contribution in [0.1, 0.15) is 12.5 Å². The summed E-state index contributed by atoms with van der Waals surface area (Å²) in [7, 11) is -3.63. The van der Waals surface area contributed by atoms with Crippen LogP contribution in [0.4, 0.5) is 0 Å². The minimum absolute atomic E-state index is 0.0900. The molecule has 1 saturated heterocycles. The van der Waals surface area contributed by atoms with Gasteiger partial charge in [-0.3, -0.25) is 9.59 Å². The molecule has 0 spiro atoms. The number of hydrogen-bond donors (Lipinski definition) is 2. The van der Waals surface area contributed by atoms with Crippen molar-refractivity contribution in [3.05, 3.63) is 60.2 Å². The average Bonchev–Trinajstić information content (AvgIpc) is 2.90. The smallest absolute Gasteiger partial charge is 0.261 e. The first-order valence-corrected chi connectivity index (χ1v) is 12.8. The van der Waals surface area contributed by atoms with Crippen molar-refractivity contribution in [2.75, 3.05) is 46.1 Å². The minimum atomic E-state index is -3.63. The van der Waals surface area contributed by atoms with Crippen molar-refractivity contribution in [3.8, 4) is 5.75 Å². The molecule has 11 heteroatoms. The zero-order valence-corrected chi connectivity index (χ0v) is 20.4. The first kappa shape index (κ1) is 26.6. The van der Waals surface area contributed by atoms with Gasteiger partial charge < -0.3 is 24.8 Å². The molecular weight excluding hydrogens is 474 g/mol. The number of aliphatic hydroxyl groups is 1. The Morgan fingerprint density at radius 1 is 1.11 bits per heavy atom. The number of nitrogens with zero attached hydrogens (tertiary/aromatic N) is 2. The van der Waals surface area contributed by atoms with Gasteiger partial charge >= 0.3 is 0 Å². The van der Waals surface area contributed by atoms with E-state index in [0.29, 0.717) is 32.1 Å². The van der Waals surface area contributed by atoms with E-state index >= 15 is 0 Å². The van der Waals surface area contributed by atoms with Crippen LogP contribution in [-0.4, -0.2) is 86.6 Å². The molecule has 10 nitrogen and oxygen atoms in total. The monoisotopic (exact) mass is 505 g/mol. The number of morpholine rings is 1. The van der Waals surface area contributed by atoms with Gasteiger partial charge in [0.1, 0.15) is 11.8 Å². The van der Waals surface area contributed by atoms with Crippen LogP contribution in [0.25, 0.3) is 0 Å². The van der Waals surface area contributed by atoms with E-state index in [-0.39, 0.29) is 37.1 Å². The maximum Gasteiger partial charge on any atom is 0.261 e. The summed E-state index contributed by atoms with van der Waals surface area (Å²) in [6.45, 7) is 2.69. The lowest BCUT2D eigenvalue weighted by Gasteiger charge is -2.28. The van der Waals surface area contributed by atoms with Crippen LogP contribution in [0, 0.1) is 0 Å². The maximum absolute atomic E-state index is 13.0. The van der Waals surface area contributed by atoms with Gasteiger partial charge in [-0.2, -0.15) is 4.31 Å². The van der Waals surface area contributed by atoms with E-state index in [0.717, 1.165) is 5.56 Å². The van der Waals surface area contributed by atoms with Gasteiger partial charge in [-0.05, 0) is 36.8 Å². The molecule has 1 aliphatic heterocycles. The van der Waals surface area contributed by atoms with Crippen LogP contribution in [0.3, 0.4) is 0 Å². The highest BCUT2D eigenvalue weighted by molar-refractivity contribution is 7.89. The quantitative estimate of drug-likeness (QED) is 0.458. The molecule has 0 aromatic heterocycles. The Bertz CT molecular complexity index is 1070. The van der Waals surface area contributed by atoms with Crippen LogP contribution in [0.15, 0.2) is 59.5 Å². The van der Waals surface area contributed by atoms with Crippen LogP contribution in [0.5, 0.6) is 5.75 Å². The Labute approximate surface area is 205 Å². The van der Waals surface area contributed by atoms with Gasteiger partial charge in [-0.1, -0.05) is 30.3 Å². The van der Waals surface area contributed by atoms with Crippen molar-refractivity contribution in [2.45, 2.75) is 24.4 Å². The zero-order chi connectivity index (χ0) is 25.3. The maximum atomic E-state index is 13.0. The van der Waals surface area contributed by atoms with Gasteiger partial charge in [0.2, 0.25) is 15.9 Å². The highest BCUT2D eigenvalue weighted by Gasteiger charge is 2.27. The van der Waals surface area contributed by atoms with Gasteiger partial charge in [-0.25, -0.2) is 8.42 Å². The summed E-state index contributed by atoms with van der Waals surface area (Å²) >= 11 is 0. The first-order valence-electron chi connectivity index (χ1n) is 11.4. The molecule has 1 atom stereocenters. The number of benzene rings is 2. The molecule has 35 heavy (non-hydrogen) atoms. The van der Waals surface area contributed by atoms with Gasteiger partial charge in [0.15, 0.2) is 6.61 Å². The summed E-state index contributed by atoms with van der Waals surface area (Å²) in [6, 6.07) is 14.3. The summed E-state index contributed by atoms with van der Waals surface area (Å²) in [4.78, 5) is 27.0. The Morgan fingerprint density at radius 2 is 1.77 bits per heavy atom. The summed E-state index contributed by atoms with van der Waals surface area (Å²) in [6.07, 6.45) is 0. The molecule has 2 aromatic carbocycles. The van der Waals surface area contributed by atoms with Crippen molar-refractivity contribution < 1.29 is 32.6 Å². The summed E-state index contributed by atoms with van der Waals surface area (Å²) in [5.41, 5.74) is 0.848. The Balaban J connectivity index is 1.66. The molecule has 1 heterocycles. The molecule has 0 aliphatic carbocycles. The number of carbonyl (C=O) groups is 2. The lowest BCUT2D eigenvalue weighted by atomic mass is 10.1. The van der Waals surface area contributed by atoms with Gasteiger partial charge in [0.25, 0.3) is 5.91 Å². The van der Waals surface area contributed by atoms with E-state index < -0.39 is 22.0 Å². The molecule has 3 rings (SSSR count). The molecule has 1 aliphatic rings. The molecule has 2 amide bonds. The predicted molar refractivity (Wildman–Crippen MR) is 128 cm³/mol. The first-order chi connectivity index (χ1) is 16.8. The summed E-state index contributed by atoms with van der Waals surface area (Å²) < 4.78 is 37.7. The van der Waals surface area contributed by atoms with Crippen molar-refractivity contribution in [3.63, 3.8) is 0 Å². The molecule has 0 saturated carbocycles. The fraction of sp³-hybridized carbons (Fsp3) is 0.417. The number of carbonyl (C=O) groups excluding carboxylic acids is 2. The number of sulfonamides is 1. The van der Waals surface area contributed by atoms with Crippen molar-refractivity contribution in [1.29, 1.82) is 0 Å². The normalized spacial score (nSPS) is 15.3. The van der Waals surface area contributed by atoms with E-state index in [9.17, 15) is 18.0 Å². The fourth-order valence-electron chi connectivity index (χ4n) is 3.56. The van der Waals surface area contributed by atoms with Crippen molar-refractivity contribution >= 4 is 21.8 Å². The van der Waals surface area contributed by atoms with Gasteiger partial charge in [0.05, 0.1) is 24.7 Å². The molecule has 1 fully saturated rings. The Hall–Kier alpha value is -2.99. The molecule has 0 radical (unpaired) electrons. The lowest BCUT2D eigenvalue weighted by Crippen LogP contribution is -2.49. The standard InChI is InChI=1S/C24H31N3O7S/c1-19(24(30)25-11-14-28)27(17-20-5-3-2-4-6-20)23(29)18-34-21-7-9-22(10-8-21)35(31,32)26-12-15-33-16-13-26/h2-10,19,28H,11-18H2,1H3,(H,25,30). The highest BCUT2D eigenvalue weighted by atomic mass is 32.2. The zero-order valence-electron chi connectivity index (χ0n) is 19.6. The van der Waals surface area contributed by atoms with Crippen LogP contribution in [-0.2, 0) is 30.9 Å². The molecule has 0 bridgehead atoms. The second-order valence-corrected chi connectivity index (χ2v) is 9.91. The van der Waals surface area contributed by atoms with Crippen LogP contribution < -0.4 is 10.1 Å². The fourth-order valence-corrected chi connectivity index (χ4v) is 4.97. The van der Waals surface area contributed by atoms with Crippen LogP contribution in [0.2, 0.25) is 0 Å². The molecular formula is C24H31N3O7S. The summed E-state index contributed by atoms with van der Waals surface area (Å²) in [5.74, 6) is -0.470. The Morgan fingerprint density at radius 3 is 2.40 bits per heavy atom. The minimum Gasteiger partial charge on any atom is -0.484 e. The number of amides is 2. The molecule has 2 N–H and O–H groups in total. The number of rotatable bonds is 11. The van der Waals surface area contributed by atoms with Crippen molar-refractivity contribution in [1.82, 2.24) is 14.5 Å². The van der Waals surface area contributed by atoms with E-state index in [1.807, 2.05) is 30.3 Å². The number of nitrogens with one attached hydrogen (secondary N) is 1. The SMILES string of the molecule is CC(C(=O)NCCO)N(Cc1ccccc1)C(=O)COc1ccc(S(=O)(=O)N2CCOCC2)cc1. The molecule has 2 aromatic rings. The lowest BCUT2D eigenvalue weighted by molar-refractivity contribution is -0.142. The molecule has 190 valence electrons. The largest absolute Gasteiger partial charge is 0.484 e. The second-order valence-electron chi connectivity index (χ2n) is 7.97. The second kappa shape index (κ2) is 12.6. The average molecular weight is 506 g/mol. The number of hydrogen-bond acceptors (Lipinski definition) is 7. The van der Waals surface area contributed by atoms with E-state index in [2.05, 4.69) is 5.32 Å². The van der Waals surface area contributed by atoms with Crippen LogP contribution >= 0.6 is 0 Å². The molecule has 1 unspecified atom stereocenters. The highest BCUT2D eigenvalue weighted by Crippen LogP contribution is 2.21. The van der Waals surface area contributed by atoms with E-state index in [1.54, 1.807) is 6.92 Å². The topological polar surface area (TPSA) is 125 Å². The van der Waals surface area contributed by atoms with E-state index in [1.165, 1.54) is 33.5 Å². The van der Waals surface area contributed by atoms with Crippen molar-refractivity contribution in [2.24, 2.45) is 0 Å². The Kier molecular flexibility index (Phi) is 9.61. The predicted octanol–water partition coefficient (Wildman–Crippen LogP) is 0.612. The third-order valence-electron chi connectivity index (χ3n) is 5.57. The van der Waals surface area contributed by atoms with E-state index in [4.69, 9.17) is 14.6 Å². The third-order valence-corrected chi connectivity index (χ3v) is 7.48. The third kappa shape index (κ3) is 7.25.